The number of likely N-dealkylation sites (N-methyl/N-ethyl adjacent to an activating group) is 1. The summed E-state index contributed by atoms with van der Waals surface area (Å²) in [7, 11) is 2.04. The lowest BCUT2D eigenvalue weighted by molar-refractivity contribution is -0.870. The van der Waals surface area contributed by atoms with Crippen molar-refractivity contribution in [2.24, 2.45) is 0 Å². The first-order chi connectivity index (χ1) is 14.4. The molecule has 0 atom stereocenters. The largest absolute Gasteiger partial charge is 0.504 e. The molecule has 0 bridgehead atoms. The molecule has 2 aromatic carbocycles. The number of ketones is 1. The smallest absolute Gasteiger partial charge is 0.196 e. The van der Waals surface area contributed by atoms with Crippen LogP contribution >= 0.6 is 0 Å². The number of likely N-dealkylation sites (tertiary alicyclic amines) is 1. The highest BCUT2D eigenvalue weighted by Crippen LogP contribution is 2.29. The highest BCUT2D eigenvalue weighted by Gasteiger charge is 2.27. The molecule has 0 radical (unpaired) electrons. The Balaban J connectivity index is 1.92. The molecule has 1 aliphatic heterocycles. The van der Waals surface area contributed by atoms with E-state index in [1.54, 1.807) is 36.4 Å². The zero-order valence-corrected chi connectivity index (χ0v) is 17.6. The van der Waals surface area contributed by atoms with E-state index in [1.807, 2.05) is 33.0 Å². The molecule has 0 spiro atoms. The third-order valence-corrected chi connectivity index (χ3v) is 4.82. The summed E-state index contributed by atoms with van der Waals surface area (Å²) in [5, 5.41) is 19.8. The minimum Gasteiger partial charge on any atom is -0.504 e. The van der Waals surface area contributed by atoms with Crippen LogP contribution in [0.3, 0.4) is 0 Å². The first-order valence-corrected chi connectivity index (χ1v) is 10.1. The van der Waals surface area contributed by atoms with Gasteiger partial charge < -0.3 is 24.6 Å². The summed E-state index contributed by atoms with van der Waals surface area (Å²) in [6, 6.07) is 10.1. The summed E-state index contributed by atoms with van der Waals surface area (Å²) in [5.74, 6) is 0.959. The van der Waals surface area contributed by atoms with Gasteiger partial charge in [-0.05, 0) is 61.4 Å². The van der Waals surface area contributed by atoms with Crippen molar-refractivity contribution in [2.45, 2.75) is 13.8 Å². The summed E-state index contributed by atoms with van der Waals surface area (Å²) >= 11 is 0. The highest BCUT2D eigenvalue weighted by atomic mass is 16.5. The van der Waals surface area contributed by atoms with Gasteiger partial charge in [-0.1, -0.05) is 12.1 Å². The number of Topliss-reactive ketones (excluding diaryl/α,β-unsaturated/α-hetero) is 1. The molecule has 0 aliphatic carbocycles. The molecule has 0 aromatic heterocycles. The molecule has 30 heavy (non-hydrogen) atoms. The lowest BCUT2D eigenvalue weighted by Crippen LogP contribution is -3.10. The van der Waals surface area contributed by atoms with Crippen LogP contribution in [-0.4, -0.2) is 49.3 Å². The van der Waals surface area contributed by atoms with E-state index in [4.69, 9.17) is 9.47 Å². The van der Waals surface area contributed by atoms with Crippen molar-refractivity contribution < 1.29 is 29.4 Å². The van der Waals surface area contributed by atoms with Gasteiger partial charge in [0.25, 0.3) is 0 Å². The number of piperidine rings is 1. The number of quaternary nitrogens is 1. The molecular formula is C24H28NO5+. The molecule has 3 rings (SSSR count). The standard InChI is InChI=1S/C24H27NO5/c1-4-29-22-12-16(6-8-20(22)26)10-18-14-25(3)15-19(24(18)28)11-17-7-9-21(27)23(13-17)30-5-2/h6-13,26-27H,4-5,14-15H2,1-3H3/p+1/b18-10+,19-11+. The number of carbonyl (C=O) groups excluding carboxylic acids is 1. The van der Waals surface area contributed by atoms with Crippen LogP contribution in [0.2, 0.25) is 0 Å². The molecule has 1 fully saturated rings. The number of hydrogen-bond acceptors (Lipinski definition) is 5. The third kappa shape index (κ3) is 5.02. The van der Waals surface area contributed by atoms with Gasteiger partial charge in [-0.2, -0.15) is 0 Å². The second-order valence-electron chi connectivity index (χ2n) is 7.30. The van der Waals surface area contributed by atoms with Crippen LogP contribution < -0.4 is 14.4 Å². The minimum absolute atomic E-state index is 0.00216. The van der Waals surface area contributed by atoms with Crippen LogP contribution in [0.4, 0.5) is 0 Å². The zero-order chi connectivity index (χ0) is 21.7. The van der Waals surface area contributed by atoms with Crippen LogP contribution in [0.25, 0.3) is 12.2 Å². The van der Waals surface area contributed by atoms with E-state index >= 15 is 0 Å². The Morgan fingerprint density at radius 2 is 1.30 bits per heavy atom. The summed E-state index contributed by atoms with van der Waals surface area (Å²) in [6.07, 6.45) is 3.70. The van der Waals surface area contributed by atoms with Gasteiger partial charge in [0.1, 0.15) is 13.1 Å². The number of aromatic hydroxyl groups is 2. The molecule has 158 valence electrons. The lowest BCUT2D eigenvalue weighted by Gasteiger charge is -2.23. The molecule has 6 heteroatoms. The van der Waals surface area contributed by atoms with E-state index in [2.05, 4.69) is 0 Å². The number of rotatable bonds is 6. The van der Waals surface area contributed by atoms with E-state index in [0.717, 1.165) is 11.1 Å². The normalized spacial score (nSPS) is 19.3. The second kappa shape index (κ2) is 9.50. The van der Waals surface area contributed by atoms with Gasteiger partial charge in [-0.15, -0.1) is 0 Å². The van der Waals surface area contributed by atoms with Gasteiger partial charge in [-0.25, -0.2) is 0 Å². The van der Waals surface area contributed by atoms with Crippen molar-refractivity contribution in [3.8, 4) is 23.0 Å². The molecule has 1 aliphatic rings. The molecule has 1 heterocycles. The van der Waals surface area contributed by atoms with Gasteiger partial charge in [0.2, 0.25) is 0 Å². The predicted octanol–water partition coefficient (Wildman–Crippen LogP) is 2.46. The number of hydrogen-bond donors (Lipinski definition) is 3. The Labute approximate surface area is 176 Å². The SMILES string of the molecule is CCOc1cc(/C=C2\C[NH+](C)C/C(=C\c3ccc(O)c(OCC)c3)C2=O)ccc1O. The van der Waals surface area contributed by atoms with Crippen molar-refractivity contribution >= 4 is 17.9 Å². The maximum atomic E-state index is 13.1. The topological polar surface area (TPSA) is 80.4 Å². The average Bonchev–Trinajstić information content (AvgIpc) is 2.71. The van der Waals surface area contributed by atoms with Crippen molar-refractivity contribution in [2.75, 3.05) is 33.4 Å². The number of ether oxygens (including phenoxy) is 2. The predicted molar refractivity (Wildman–Crippen MR) is 116 cm³/mol. The summed E-state index contributed by atoms with van der Waals surface area (Å²) < 4.78 is 10.9. The van der Waals surface area contributed by atoms with Gasteiger partial charge in [0.15, 0.2) is 28.8 Å². The minimum atomic E-state index is -0.00216. The monoisotopic (exact) mass is 410 g/mol. The van der Waals surface area contributed by atoms with Gasteiger partial charge in [0.05, 0.1) is 31.4 Å². The van der Waals surface area contributed by atoms with Crippen molar-refractivity contribution in [3.63, 3.8) is 0 Å². The van der Waals surface area contributed by atoms with Crippen molar-refractivity contribution in [1.82, 2.24) is 0 Å². The first kappa shape index (κ1) is 21.5. The Morgan fingerprint density at radius 3 is 1.70 bits per heavy atom. The number of benzene rings is 2. The van der Waals surface area contributed by atoms with Gasteiger partial charge in [0, 0.05) is 0 Å². The fourth-order valence-electron chi connectivity index (χ4n) is 3.50. The number of phenols is 2. The van der Waals surface area contributed by atoms with Gasteiger partial charge >= 0.3 is 0 Å². The van der Waals surface area contributed by atoms with Gasteiger partial charge in [-0.3, -0.25) is 4.79 Å². The maximum absolute atomic E-state index is 13.1. The number of nitrogens with one attached hydrogen (secondary N) is 1. The highest BCUT2D eigenvalue weighted by molar-refractivity contribution is 6.14. The lowest BCUT2D eigenvalue weighted by atomic mass is 9.94. The van der Waals surface area contributed by atoms with Crippen LogP contribution in [-0.2, 0) is 4.79 Å². The van der Waals surface area contributed by atoms with E-state index in [-0.39, 0.29) is 17.3 Å². The molecule has 3 N–H and O–H groups in total. The third-order valence-electron chi connectivity index (χ3n) is 4.82. The Hall–Kier alpha value is -3.25. The number of carbonyl (C=O) groups is 1. The number of phenolic OH excluding ortho intramolecular Hbond substituents is 2. The van der Waals surface area contributed by atoms with Crippen LogP contribution in [0.15, 0.2) is 47.5 Å². The Morgan fingerprint density at radius 1 is 0.867 bits per heavy atom. The maximum Gasteiger partial charge on any atom is 0.196 e. The van der Waals surface area contributed by atoms with E-state index in [9.17, 15) is 15.0 Å². The molecule has 1 saturated heterocycles. The average molecular weight is 410 g/mol. The molecular weight excluding hydrogens is 382 g/mol. The summed E-state index contributed by atoms with van der Waals surface area (Å²) in [5.41, 5.74) is 3.00. The fraction of sp³-hybridized carbons (Fsp3) is 0.292. The zero-order valence-electron chi connectivity index (χ0n) is 17.6. The van der Waals surface area contributed by atoms with E-state index < -0.39 is 0 Å². The molecule has 0 saturated carbocycles. The van der Waals surface area contributed by atoms with E-state index in [0.29, 0.717) is 48.9 Å². The Bertz CT molecular complexity index is 916. The molecule has 2 aromatic rings. The van der Waals surface area contributed by atoms with E-state index in [1.165, 1.54) is 4.90 Å². The van der Waals surface area contributed by atoms with Crippen molar-refractivity contribution in [1.29, 1.82) is 0 Å². The second-order valence-corrected chi connectivity index (χ2v) is 7.30. The summed E-state index contributed by atoms with van der Waals surface area (Å²) in [4.78, 5) is 14.3. The molecule has 0 amide bonds. The summed E-state index contributed by atoms with van der Waals surface area (Å²) in [6.45, 7) is 5.82. The fourth-order valence-corrected chi connectivity index (χ4v) is 3.50. The van der Waals surface area contributed by atoms with Crippen LogP contribution in [0, 0.1) is 0 Å². The van der Waals surface area contributed by atoms with Crippen molar-refractivity contribution in [3.05, 3.63) is 58.7 Å². The first-order valence-electron chi connectivity index (χ1n) is 10.1. The molecule has 0 unspecified atom stereocenters. The quantitative estimate of drug-likeness (QED) is 0.638. The van der Waals surface area contributed by atoms with Crippen LogP contribution in [0.5, 0.6) is 23.0 Å². The molecule has 6 nitrogen and oxygen atoms in total. The van der Waals surface area contributed by atoms with Crippen LogP contribution in [0.1, 0.15) is 25.0 Å². The Kier molecular flexibility index (Phi) is 6.79.